The van der Waals surface area contributed by atoms with Crippen LogP contribution in [0.3, 0.4) is 0 Å². The maximum Gasteiger partial charge on any atom is 0.290 e. The van der Waals surface area contributed by atoms with Gasteiger partial charge in [0.1, 0.15) is 15.4 Å². The van der Waals surface area contributed by atoms with Gasteiger partial charge in [-0.05, 0) is 60.2 Å². The van der Waals surface area contributed by atoms with E-state index in [4.69, 9.17) is 5.73 Å². The summed E-state index contributed by atoms with van der Waals surface area (Å²) in [4.78, 5) is 17.7. The number of hydrogen-bond donors (Lipinski definition) is 1. The lowest BCUT2D eigenvalue weighted by molar-refractivity contribution is 0.0947. The lowest BCUT2D eigenvalue weighted by Gasteiger charge is -2.06. The summed E-state index contributed by atoms with van der Waals surface area (Å²) in [6.45, 7) is 3.56. The molecule has 3 heterocycles. The summed E-state index contributed by atoms with van der Waals surface area (Å²) in [5, 5.41) is 4.87. The number of nitrogens with two attached hydrogens (primary N) is 1. The van der Waals surface area contributed by atoms with Crippen LogP contribution in [0.1, 0.15) is 57.5 Å². The molecule has 0 aliphatic heterocycles. The van der Waals surface area contributed by atoms with E-state index in [0.29, 0.717) is 27.3 Å². The normalized spacial score (nSPS) is 14.5. The summed E-state index contributed by atoms with van der Waals surface area (Å²) in [6.07, 6.45) is -0.790. The molecule has 0 radical (unpaired) electrons. The van der Waals surface area contributed by atoms with E-state index in [0.717, 1.165) is 34.2 Å². The molecule has 3 aromatic rings. The number of anilines is 1. The highest BCUT2D eigenvalue weighted by atomic mass is 79.9. The van der Waals surface area contributed by atoms with Crippen LogP contribution in [0.5, 0.6) is 0 Å². The molecule has 5 nitrogen and oxygen atoms in total. The molecular formula is C17H15BrF2N4OS. The molecule has 1 aliphatic rings. The van der Waals surface area contributed by atoms with Crippen molar-refractivity contribution in [2.45, 2.75) is 39.0 Å². The van der Waals surface area contributed by atoms with Crippen LogP contribution in [-0.2, 0) is 0 Å². The van der Waals surface area contributed by atoms with E-state index in [9.17, 15) is 13.6 Å². The van der Waals surface area contributed by atoms with Crippen molar-refractivity contribution in [1.29, 1.82) is 0 Å². The Morgan fingerprint density at radius 2 is 2.12 bits per heavy atom. The fraction of sp³-hybridized carbons (Fsp3) is 0.353. The molecule has 26 heavy (non-hydrogen) atoms. The molecule has 1 fully saturated rings. The van der Waals surface area contributed by atoms with Crippen molar-refractivity contribution in [2.24, 2.45) is 0 Å². The van der Waals surface area contributed by atoms with E-state index in [1.54, 1.807) is 13.8 Å². The Balaban J connectivity index is 1.91. The molecule has 9 heteroatoms. The highest BCUT2D eigenvalue weighted by Gasteiger charge is 2.31. The van der Waals surface area contributed by atoms with Crippen LogP contribution in [-0.4, -0.2) is 20.7 Å². The first-order valence-electron chi connectivity index (χ1n) is 8.07. The zero-order chi connectivity index (χ0) is 18.7. The van der Waals surface area contributed by atoms with Crippen molar-refractivity contribution in [1.82, 2.24) is 14.8 Å². The molecule has 0 aromatic carbocycles. The van der Waals surface area contributed by atoms with Gasteiger partial charge in [0.2, 0.25) is 0 Å². The van der Waals surface area contributed by atoms with Gasteiger partial charge in [-0.2, -0.15) is 9.78 Å². The zero-order valence-corrected chi connectivity index (χ0v) is 16.4. The fourth-order valence-corrected chi connectivity index (χ4v) is 4.38. The van der Waals surface area contributed by atoms with Gasteiger partial charge in [-0.1, -0.05) is 0 Å². The van der Waals surface area contributed by atoms with Crippen molar-refractivity contribution < 1.29 is 13.6 Å². The van der Waals surface area contributed by atoms with Crippen molar-refractivity contribution in [3.63, 3.8) is 0 Å². The smallest absolute Gasteiger partial charge is 0.290 e. The number of alkyl halides is 2. The lowest BCUT2D eigenvalue weighted by atomic mass is 10.1. The van der Waals surface area contributed by atoms with Gasteiger partial charge in [0.15, 0.2) is 0 Å². The maximum absolute atomic E-state index is 13.2. The van der Waals surface area contributed by atoms with Crippen molar-refractivity contribution >= 4 is 49.1 Å². The number of rotatable bonds is 3. The number of halogens is 3. The second kappa shape index (κ2) is 6.09. The highest BCUT2D eigenvalue weighted by Crippen LogP contribution is 2.47. The minimum Gasteiger partial charge on any atom is -0.397 e. The quantitative estimate of drug-likeness (QED) is 0.624. The second-order valence-corrected chi connectivity index (χ2v) is 8.23. The molecule has 0 amide bonds. The maximum atomic E-state index is 13.2. The monoisotopic (exact) mass is 440 g/mol. The summed E-state index contributed by atoms with van der Waals surface area (Å²) < 4.78 is 28.5. The van der Waals surface area contributed by atoms with Crippen LogP contribution in [0.4, 0.5) is 14.5 Å². The van der Waals surface area contributed by atoms with Crippen molar-refractivity contribution in [3.8, 4) is 0 Å². The molecule has 0 atom stereocenters. The Morgan fingerprint density at radius 1 is 1.42 bits per heavy atom. The molecule has 2 N–H and O–H groups in total. The Morgan fingerprint density at radius 3 is 2.65 bits per heavy atom. The van der Waals surface area contributed by atoms with Gasteiger partial charge < -0.3 is 5.73 Å². The number of aromatic nitrogens is 3. The predicted octanol–water partition coefficient (Wildman–Crippen LogP) is 4.96. The summed E-state index contributed by atoms with van der Waals surface area (Å²) >= 11 is 4.45. The van der Waals surface area contributed by atoms with Crippen LogP contribution in [0, 0.1) is 13.8 Å². The first kappa shape index (κ1) is 17.5. The largest absolute Gasteiger partial charge is 0.397 e. The number of pyridine rings is 1. The van der Waals surface area contributed by atoms with Gasteiger partial charge in [-0.3, -0.25) is 4.79 Å². The second-order valence-electron chi connectivity index (χ2n) is 6.44. The van der Waals surface area contributed by atoms with Crippen LogP contribution >= 0.6 is 27.3 Å². The first-order chi connectivity index (χ1) is 12.3. The third-order valence-corrected chi connectivity index (χ3v) is 6.81. The number of aryl methyl sites for hydroxylation is 1. The average molecular weight is 441 g/mol. The number of hydrogen-bond acceptors (Lipinski definition) is 5. The zero-order valence-electron chi connectivity index (χ0n) is 14.0. The lowest BCUT2D eigenvalue weighted by Crippen LogP contribution is -2.15. The molecular weight excluding hydrogens is 426 g/mol. The first-order valence-corrected chi connectivity index (χ1v) is 9.68. The third kappa shape index (κ3) is 2.64. The topological polar surface area (TPSA) is 73.8 Å². The molecule has 3 aromatic heterocycles. The van der Waals surface area contributed by atoms with Gasteiger partial charge in [0, 0.05) is 5.39 Å². The van der Waals surface area contributed by atoms with E-state index in [-0.39, 0.29) is 22.4 Å². The fourth-order valence-electron chi connectivity index (χ4n) is 3.07. The van der Waals surface area contributed by atoms with Crippen LogP contribution < -0.4 is 5.73 Å². The Bertz CT molecular complexity index is 1060. The number of carbonyl (C=O) groups excluding carboxylic acids is 1. The standard InChI is InChI=1S/C17H15BrF2N4OS/c1-6-12(18)7(2)24(23-6)17(25)14-13(21)11-9(8-3-4-8)5-10(15(19)20)22-16(11)26-14/h5,8,15H,3-4,21H2,1-2H3. The minimum absolute atomic E-state index is 0.209. The molecule has 1 aliphatic carbocycles. The molecule has 0 bridgehead atoms. The van der Waals surface area contributed by atoms with E-state index in [1.807, 2.05) is 0 Å². The van der Waals surface area contributed by atoms with Gasteiger partial charge in [0.25, 0.3) is 12.3 Å². The number of carbonyl (C=O) groups is 1. The highest BCUT2D eigenvalue weighted by molar-refractivity contribution is 9.10. The van der Waals surface area contributed by atoms with E-state index in [2.05, 4.69) is 26.0 Å². The van der Waals surface area contributed by atoms with Crippen molar-refractivity contribution in [3.05, 3.63) is 38.1 Å². The van der Waals surface area contributed by atoms with Gasteiger partial charge in [0.05, 0.1) is 21.5 Å². The number of nitrogens with zero attached hydrogens (tertiary/aromatic N) is 3. The molecule has 0 saturated heterocycles. The third-order valence-electron chi connectivity index (χ3n) is 4.58. The van der Waals surface area contributed by atoms with E-state index < -0.39 is 6.43 Å². The van der Waals surface area contributed by atoms with Gasteiger partial charge >= 0.3 is 0 Å². The summed E-state index contributed by atoms with van der Waals surface area (Å²) in [7, 11) is 0. The van der Waals surface area contributed by atoms with E-state index in [1.165, 1.54) is 10.7 Å². The molecule has 0 spiro atoms. The molecule has 1 saturated carbocycles. The Labute approximate surface area is 160 Å². The summed E-state index contributed by atoms with van der Waals surface area (Å²) in [5.41, 5.74) is 8.42. The predicted molar refractivity (Wildman–Crippen MR) is 100 cm³/mol. The van der Waals surface area contributed by atoms with Crippen molar-refractivity contribution in [2.75, 3.05) is 5.73 Å². The average Bonchev–Trinajstić information content (AvgIpc) is 3.36. The SMILES string of the molecule is Cc1nn(C(=O)c2sc3nc(C(F)F)cc(C4CC4)c3c2N)c(C)c1Br. The number of nitrogen functional groups attached to an aromatic ring is 1. The summed E-state index contributed by atoms with van der Waals surface area (Å²) in [6, 6.07) is 1.43. The Kier molecular flexibility index (Phi) is 4.11. The molecule has 0 unspecified atom stereocenters. The number of thiophene rings is 1. The van der Waals surface area contributed by atoms with E-state index >= 15 is 0 Å². The summed E-state index contributed by atoms with van der Waals surface area (Å²) in [5.74, 6) is -0.169. The molecule has 4 rings (SSSR count). The number of fused-ring (bicyclic) bond motifs is 1. The van der Waals surface area contributed by atoms with Crippen LogP contribution in [0.15, 0.2) is 10.5 Å². The van der Waals surface area contributed by atoms with Gasteiger partial charge in [-0.25, -0.2) is 13.8 Å². The van der Waals surface area contributed by atoms with Crippen LogP contribution in [0.25, 0.3) is 10.2 Å². The van der Waals surface area contributed by atoms with Crippen LogP contribution in [0.2, 0.25) is 0 Å². The Hall–Kier alpha value is -1.87. The minimum atomic E-state index is -2.66. The van der Waals surface area contributed by atoms with Gasteiger partial charge in [-0.15, -0.1) is 11.3 Å². The molecule has 136 valence electrons.